The maximum absolute atomic E-state index is 12.5. The Hall–Kier alpha value is -3.38. The fourth-order valence-electron chi connectivity index (χ4n) is 3.18. The van der Waals surface area contributed by atoms with Crippen LogP contribution in [0.25, 0.3) is 6.08 Å². The summed E-state index contributed by atoms with van der Waals surface area (Å²) in [5.41, 5.74) is 3.09. The molecule has 1 aliphatic carbocycles. The van der Waals surface area contributed by atoms with Crippen LogP contribution >= 0.6 is 11.8 Å². The Morgan fingerprint density at radius 1 is 1.17 bits per heavy atom. The van der Waals surface area contributed by atoms with Crippen molar-refractivity contribution >= 4 is 35.4 Å². The SMILES string of the molecule is COc1ccccc1CNC(=O)c1ccc(/C=C2/SC3C=CC=CC3=NC2=O)cc1. The van der Waals surface area contributed by atoms with Crippen molar-refractivity contribution in [3.8, 4) is 5.75 Å². The lowest BCUT2D eigenvalue weighted by atomic mass is 10.1. The van der Waals surface area contributed by atoms with Gasteiger partial charge in [-0.25, -0.2) is 4.99 Å². The van der Waals surface area contributed by atoms with Gasteiger partial charge in [-0.05, 0) is 35.9 Å². The fraction of sp³-hybridized carbons (Fsp3) is 0.125. The molecule has 0 saturated heterocycles. The summed E-state index contributed by atoms with van der Waals surface area (Å²) in [6.07, 6.45) is 9.55. The van der Waals surface area contributed by atoms with Crippen molar-refractivity contribution in [1.82, 2.24) is 5.32 Å². The molecular weight excluding hydrogens is 396 g/mol. The van der Waals surface area contributed by atoms with E-state index in [-0.39, 0.29) is 17.1 Å². The monoisotopic (exact) mass is 416 g/mol. The van der Waals surface area contributed by atoms with E-state index in [9.17, 15) is 9.59 Å². The quantitative estimate of drug-likeness (QED) is 0.743. The Morgan fingerprint density at radius 3 is 2.77 bits per heavy atom. The number of allylic oxidation sites excluding steroid dienone is 3. The molecule has 2 aromatic rings. The van der Waals surface area contributed by atoms with Crippen LogP contribution in [0.1, 0.15) is 21.5 Å². The molecule has 1 aliphatic heterocycles. The Bertz CT molecular complexity index is 1100. The number of para-hydroxylation sites is 1. The number of thioether (sulfide) groups is 1. The van der Waals surface area contributed by atoms with Gasteiger partial charge in [-0.1, -0.05) is 48.6 Å². The van der Waals surface area contributed by atoms with Crippen molar-refractivity contribution in [2.24, 2.45) is 4.99 Å². The van der Waals surface area contributed by atoms with E-state index >= 15 is 0 Å². The normalized spacial score (nSPS) is 18.7. The smallest absolute Gasteiger partial charge is 0.283 e. The summed E-state index contributed by atoms with van der Waals surface area (Å²) < 4.78 is 5.31. The number of aliphatic imine (C=N–C) groups is 1. The lowest BCUT2D eigenvalue weighted by Crippen LogP contribution is -2.23. The van der Waals surface area contributed by atoms with Crippen LogP contribution in [0.2, 0.25) is 0 Å². The molecule has 5 nitrogen and oxygen atoms in total. The van der Waals surface area contributed by atoms with E-state index in [0.717, 1.165) is 22.6 Å². The van der Waals surface area contributed by atoms with Crippen molar-refractivity contribution in [3.05, 3.63) is 94.4 Å². The van der Waals surface area contributed by atoms with Gasteiger partial charge >= 0.3 is 0 Å². The third kappa shape index (κ3) is 4.44. The number of fused-ring (bicyclic) bond motifs is 1. The van der Waals surface area contributed by atoms with E-state index in [1.165, 1.54) is 11.8 Å². The number of nitrogens with zero attached hydrogens (tertiary/aromatic N) is 1. The molecule has 1 heterocycles. The average molecular weight is 417 g/mol. The van der Waals surface area contributed by atoms with E-state index in [0.29, 0.717) is 17.0 Å². The molecule has 6 heteroatoms. The minimum atomic E-state index is -0.232. The van der Waals surface area contributed by atoms with Gasteiger partial charge in [0.25, 0.3) is 11.8 Å². The van der Waals surface area contributed by atoms with Gasteiger partial charge in [0.2, 0.25) is 0 Å². The molecule has 0 saturated carbocycles. The first-order valence-electron chi connectivity index (χ1n) is 9.50. The number of hydrogen-bond acceptors (Lipinski definition) is 4. The summed E-state index contributed by atoms with van der Waals surface area (Å²) in [5.74, 6) is 0.338. The predicted octanol–water partition coefficient (Wildman–Crippen LogP) is 4.18. The lowest BCUT2D eigenvalue weighted by Gasteiger charge is -2.20. The molecule has 2 amide bonds. The fourth-order valence-corrected chi connectivity index (χ4v) is 4.22. The summed E-state index contributed by atoms with van der Waals surface area (Å²) in [6, 6.07) is 14.7. The maximum atomic E-state index is 12.5. The van der Waals surface area contributed by atoms with Gasteiger partial charge in [0, 0.05) is 17.7 Å². The number of rotatable bonds is 5. The first-order valence-corrected chi connectivity index (χ1v) is 10.4. The van der Waals surface area contributed by atoms with Gasteiger partial charge < -0.3 is 10.1 Å². The molecule has 2 aromatic carbocycles. The Labute approximate surface area is 179 Å². The Morgan fingerprint density at radius 2 is 1.97 bits per heavy atom. The summed E-state index contributed by atoms with van der Waals surface area (Å²) in [6.45, 7) is 0.378. The molecule has 0 aromatic heterocycles. The molecule has 0 spiro atoms. The first-order chi connectivity index (χ1) is 14.6. The zero-order chi connectivity index (χ0) is 20.9. The number of nitrogens with one attached hydrogen (secondary N) is 1. The Kier molecular flexibility index (Phi) is 5.95. The first kappa shape index (κ1) is 19.9. The molecule has 1 N–H and O–H groups in total. The third-order valence-electron chi connectivity index (χ3n) is 4.75. The second-order valence-electron chi connectivity index (χ2n) is 6.75. The highest BCUT2D eigenvalue weighted by Gasteiger charge is 2.25. The minimum absolute atomic E-state index is 0.0685. The number of hydrogen-bond donors (Lipinski definition) is 1. The molecule has 0 radical (unpaired) electrons. The number of carbonyl (C=O) groups excluding carboxylic acids is 2. The Balaban J connectivity index is 1.43. The van der Waals surface area contributed by atoms with Crippen molar-refractivity contribution < 1.29 is 14.3 Å². The molecule has 1 unspecified atom stereocenters. The second kappa shape index (κ2) is 8.97. The van der Waals surface area contributed by atoms with Crippen molar-refractivity contribution in [1.29, 1.82) is 0 Å². The van der Waals surface area contributed by atoms with Crippen LogP contribution in [-0.4, -0.2) is 29.9 Å². The van der Waals surface area contributed by atoms with Gasteiger partial charge in [0.05, 0.1) is 23.0 Å². The number of methoxy groups -OCH3 is 1. The van der Waals surface area contributed by atoms with Crippen molar-refractivity contribution in [2.75, 3.05) is 7.11 Å². The van der Waals surface area contributed by atoms with E-state index < -0.39 is 0 Å². The average Bonchev–Trinajstić information content (AvgIpc) is 2.78. The van der Waals surface area contributed by atoms with Crippen LogP contribution in [0.15, 0.2) is 82.7 Å². The predicted molar refractivity (Wildman–Crippen MR) is 121 cm³/mol. The van der Waals surface area contributed by atoms with Gasteiger partial charge in [-0.3, -0.25) is 9.59 Å². The summed E-state index contributed by atoms with van der Waals surface area (Å²) in [5, 5.41) is 2.97. The number of benzene rings is 2. The van der Waals surface area contributed by atoms with E-state index in [2.05, 4.69) is 10.3 Å². The van der Waals surface area contributed by atoms with Crippen LogP contribution in [0.5, 0.6) is 5.75 Å². The highest BCUT2D eigenvalue weighted by molar-refractivity contribution is 8.05. The van der Waals surface area contributed by atoms with Gasteiger partial charge in [0.15, 0.2) is 0 Å². The summed E-state index contributed by atoms with van der Waals surface area (Å²) in [4.78, 5) is 29.5. The van der Waals surface area contributed by atoms with Gasteiger partial charge in [0.1, 0.15) is 5.75 Å². The highest BCUT2D eigenvalue weighted by Crippen LogP contribution is 2.32. The molecular formula is C24H20N2O3S. The van der Waals surface area contributed by atoms with Gasteiger partial charge in [-0.15, -0.1) is 11.8 Å². The second-order valence-corrected chi connectivity index (χ2v) is 7.93. The standard InChI is InChI=1S/C24H20N2O3S/c1-29-20-8-4-2-6-18(20)15-25-23(27)17-12-10-16(11-13-17)14-22-24(28)26-19-7-3-5-9-21(19)30-22/h2-14,21H,15H2,1H3,(H,25,27)/b22-14+. The molecule has 1 atom stereocenters. The zero-order valence-electron chi connectivity index (χ0n) is 16.4. The number of ether oxygens (including phenoxy) is 1. The van der Waals surface area contributed by atoms with Crippen LogP contribution in [0.4, 0.5) is 0 Å². The van der Waals surface area contributed by atoms with Crippen LogP contribution in [0.3, 0.4) is 0 Å². The minimum Gasteiger partial charge on any atom is -0.496 e. The summed E-state index contributed by atoms with van der Waals surface area (Å²) in [7, 11) is 1.61. The van der Waals surface area contributed by atoms with Gasteiger partial charge in [-0.2, -0.15) is 0 Å². The van der Waals surface area contributed by atoms with E-state index in [1.54, 1.807) is 19.2 Å². The van der Waals surface area contributed by atoms with Crippen LogP contribution in [-0.2, 0) is 11.3 Å². The van der Waals surface area contributed by atoms with E-state index in [4.69, 9.17) is 4.74 Å². The molecule has 30 heavy (non-hydrogen) atoms. The lowest BCUT2D eigenvalue weighted by molar-refractivity contribution is -0.113. The molecule has 150 valence electrons. The van der Waals surface area contributed by atoms with Crippen molar-refractivity contribution in [3.63, 3.8) is 0 Å². The maximum Gasteiger partial charge on any atom is 0.283 e. The van der Waals surface area contributed by atoms with Crippen LogP contribution in [0, 0.1) is 0 Å². The molecule has 4 rings (SSSR count). The highest BCUT2D eigenvalue weighted by atomic mass is 32.2. The van der Waals surface area contributed by atoms with Crippen molar-refractivity contribution in [2.45, 2.75) is 11.8 Å². The molecule has 0 fully saturated rings. The largest absolute Gasteiger partial charge is 0.496 e. The zero-order valence-corrected chi connectivity index (χ0v) is 17.2. The summed E-state index contributed by atoms with van der Waals surface area (Å²) >= 11 is 1.49. The number of carbonyl (C=O) groups is 2. The van der Waals surface area contributed by atoms with E-state index in [1.807, 2.05) is 66.8 Å². The number of amides is 2. The topological polar surface area (TPSA) is 67.8 Å². The third-order valence-corrected chi connectivity index (χ3v) is 5.95. The molecule has 0 bridgehead atoms. The molecule has 2 aliphatic rings. The van der Waals surface area contributed by atoms with Crippen LogP contribution < -0.4 is 10.1 Å².